The third kappa shape index (κ3) is 3.49. The van der Waals surface area contributed by atoms with Gasteiger partial charge in [-0.15, -0.1) is 11.3 Å². The molecule has 0 aliphatic heterocycles. The molecular formula is C16H13ClN4OS. The molecule has 0 aliphatic rings. The van der Waals surface area contributed by atoms with Crippen molar-refractivity contribution in [2.75, 3.05) is 5.73 Å². The molecule has 2 heterocycles. The summed E-state index contributed by atoms with van der Waals surface area (Å²) in [5, 5.41) is 7.51. The summed E-state index contributed by atoms with van der Waals surface area (Å²) in [7, 11) is 0. The van der Waals surface area contributed by atoms with Crippen LogP contribution in [-0.2, 0) is 0 Å². The summed E-state index contributed by atoms with van der Waals surface area (Å²) in [5.74, 6) is 0.291. The third-order valence-corrected chi connectivity index (χ3v) is 4.26. The Morgan fingerprint density at radius 2 is 2.04 bits per heavy atom. The Kier molecular flexibility index (Phi) is 4.27. The first-order valence-corrected chi connectivity index (χ1v) is 8.04. The summed E-state index contributed by atoms with van der Waals surface area (Å²) in [6, 6.07) is 10.6. The van der Waals surface area contributed by atoms with Crippen LogP contribution in [0, 0.1) is 6.92 Å². The number of anilines is 1. The van der Waals surface area contributed by atoms with E-state index in [1.165, 1.54) is 23.6 Å². The van der Waals surface area contributed by atoms with Gasteiger partial charge in [0.1, 0.15) is 10.8 Å². The fraction of sp³-hybridized carbons (Fsp3) is 0.0625. The van der Waals surface area contributed by atoms with Crippen LogP contribution in [-0.4, -0.2) is 15.9 Å². The molecule has 2 aromatic heterocycles. The molecule has 0 fully saturated rings. The smallest absolute Gasteiger partial charge is 0.273 e. The summed E-state index contributed by atoms with van der Waals surface area (Å²) >= 11 is 7.37. The third-order valence-electron chi connectivity index (χ3n) is 3.10. The van der Waals surface area contributed by atoms with Crippen molar-refractivity contribution in [3.63, 3.8) is 0 Å². The molecule has 23 heavy (non-hydrogen) atoms. The quantitative estimate of drug-likeness (QED) is 0.740. The second-order valence-electron chi connectivity index (χ2n) is 4.94. The first-order chi connectivity index (χ1) is 11.0. The second kappa shape index (κ2) is 6.36. The molecule has 2 N–H and O–H groups in total. The maximum Gasteiger partial charge on any atom is 0.273 e. The SMILES string of the molecule is Cc1cc(N)n(/N=C\c2csc(-c3ccc(Cl)cc3)n2)c(=O)c1. The van der Waals surface area contributed by atoms with E-state index in [2.05, 4.69) is 10.1 Å². The van der Waals surface area contributed by atoms with Gasteiger partial charge < -0.3 is 5.73 Å². The molecule has 5 nitrogen and oxygen atoms in total. The van der Waals surface area contributed by atoms with Crippen LogP contribution in [0.2, 0.25) is 5.02 Å². The van der Waals surface area contributed by atoms with Gasteiger partial charge in [-0.25, -0.2) is 4.98 Å². The van der Waals surface area contributed by atoms with Gasteiger partial charge in [0.05, 0.1) is 11.9 Å². The minimum absolute atomic E-state index is 0.271. The molecular weight excluding hydrogens is 332 g/mol. The van der Waals surface area contributed by atoms with E-state index in [0.29, 0.717) is 16.5 Å². The number of pyridine rings is 1. The van der Waals surface area contributed by atoms with Crippen LogP contribution < -0.4 is 11.3 Å². The van der Waals surface area contributed by atoms with Gasteiger partial charge in [-0.05, 0) is 30.7 Å². The van der Waals surface area contributed by atoms with E-state index in [4.69, 9.17) is 17.3 Å². The minimum Gasteiger partial charge on any atom is -0.384 e. The molecule has 3 aromatic rings. The first kappa shape index (κ1) is 15.5. The van der Waals surface area contributed by atoms with E-state index in [1.54, 1.807) is 6.07 Å². The standard InChI is InChI=1S/C16H13ClN4OS/c1-10-6-14(18)21(15(22)7-10)19-8-13-9-23-16(20-13)11-2-4-12(17)5-3-11/h2-9H,18H2,1H3/b19-8-. The van der Waals surface area contributed by atoms with Gasteiger partial charge in [-0.3, -0.25) is 4.79 Å². The number of nitrogens with zero attached hydrogens (tertiary/aromatic N) is 3. The molecule has 116 valence electrons. The first-order valence-electron chi connectivity index (χ1n) is 6.78. The number of nitrogens with two attached hydrogens (primary N) is 1. The number of rotatable bonds is 3. The molecule has 3 rings (SSSR count). The lowest BCUT2D eigenvalue weighted by atomic mass is 10.2. The number of halogens is 1. The zero-order valence-electron chi connectivity index (χ0n) is 12.2. The van der Waals surface area contributed by atoms with E-state index < -0.39 is 0 Å². The number of aryl methyl sites for hydroxylation is 1. The Morgan fingerprint density at radius 1 is 1.30 bits per heavy atom. The Labute approximate surface area is 141 Å². The lowest BCUT2D eigenvalue weighted by Crippen LogP contribution is -2.19. The average molecular weight is 345 g/mol. The van der Waals surface area contributed by atoms with Crippen molar-refractivity contribution in [2.45, 2.75) is 6.92 Å². The second-order valence-corrected chi connectivity index (χ2v) is 6.23. The normalized spacial score (nSPS) is 11.2. The monoisotopic (exact) mass is 344 g/mol. The fourth-order valence-electron chi connectivity index (χ4n) is 2.03. The summed E-state index contributed by atoms with van der Waals surface area (Å²) < 4.78 is 1.15. The molecule has 0 amide bonds. The van der Waals surface area contributed by atoms with E-state index in [9.17, 15) is 4.79 Å². The number of hydrogen-bond acceptors (Lipinski definition) is 5. The van der Waals surface area contributed by atoms with Crippen LogP contribution in [0.3, 0.4) is 0 Å². The van der Waals surface area contributed by atoms with E-state index in [0.717, 1.165) is 20.8 Å². The van der Waals surface area contributed by atoms with Crippen molar-refractivity contribution in [2.24, 2.45) is 5.10 Å². The van der Waals surface area contributed by atoms with Crippen molar-refractivity contribution >= 4 is 35.0 Å². The van der Waals surface area contributed by atoms with Crippen LogP contribution in [0.1, 0.15) is 11.3 Å². The maximum atomic E-state index is 11.9. The van der Waals surface area contributed by atoms with Crippen molar-refractivity contribution < 1.29 is 0 Å². The molecule has 0 bridgehead atoms. The van der Waals surface area contributed by atoms with E-state index in [-0.39, 0.29) is 5.56 Å². The van der Waals surface area contributed by atoms with Crippen molar-refractivity contribution in [1.29, 1.82) is 0 Å². The van der Waals surface area contributed by atoms with E-state index >= 15 is 0 Å². The van der Waals surface area contributed by atoms with Gasteiger partial charge in [0.2, 0.25) is 0 Å². The molecule has 0 atom stereocenters. The molecule has 0 spiro atoms. The van der Waals surface area contributed by atoms with Gasteiger partial charge in [0.15, 0.2) is 0 Å². The molecule has 1 aromatic carbocycles. The Morgan fingerprint density at radius 3 is 2.74 bits per heavy atom. The lowest BCUT2D eigenvalue weighted by molar-refractivity contribution is 0.843. The highest BCUT2D eigenvalue weighted by molar-refractivity contribution is 7.13. The summed E-state index contributed by atoms with van der Waals surface area (Å²) in [5.41, 5.74) is 7.98. The number of nitrogen functional groups attached to an aromatic ring is 1. The van der Waals surface area contributed by atoms with Gasteiger partial charge >= 0.3 is 0 Å². The molecule has 0 aliphatic carbocycles. The van der Waals surface area contributed by atoms with Crippen LogP contribution >= 0.6 is 22.9 Å². The molecule has 0 saturated heterocycles. The fourth-order valence-corrected chi connectivity index (χ4v) is 2.93. The Hall–Kier alpha value is -2.44. The van der Waals surface area contributed by atoms with Crippen molar-refractivity contribution in [3.8, 4) is 10.6 Å². The lowest BCUT2D eigenvalue weighted by Gasteiger charge is -2.02. The van der Waals surface area contributed by atoms with E-state index in [1.807, 2.05) is 36.6 Å². The highest BCUT2D eigenvalue weighted by Crippen LogP contribution is 2.24. The van der Waals surface area contributed by atoms with Gasteiger partial charge in [-0.1, -0.05) is 23.7 Å². The predicted molar refractivity (Wildman–Crippen MR) is 95.4 cm³/mol. The Balaban J connectivity index is 1.87. The van der Waals surface area contributed by atoms with Gasteiger partial charge in [-0.2, -0.15) is 9.78 Å². The molecule has 7 heteroatoms. The molecule has 0 unspecified atom stereocenters. The van der Waals surface area contributed by atoms with Gasteiger partial charge in [0.25, 0.3) is 5.56 Å². The Bertz CT molecular complexity index is 928. The zero-order valence-corrected chi connectivity index (χ0v) is 13.8. The number of aromatic nitrogens is 2. The minimum atomic E-state index is -0.271. The largest absolute Gasteiger partial charge is 0.384 e. The highest BCUT2D eigenvalue weighted by Gasteiger charge is 2.04. The average Bonchev–Trinajstić information content (AvgIpc) is 2.96. The summed E-state index contributed by atoms with van der Waals surface area (Å²) in [6.45, 7) is 1.81. The number of hydrogen-bond donors (Lipinski definition) is 1. The van der Waals surface area contributed by atoms with Crippen LogP contribution in [0.4, 0.5) is 5.82 Å². The summed E-state index contributed by atoms with van der Waals surface area (Å²) in [6.07, 6.45) is 1.52. The van der Waals surface area contributed by atoms with Gasteiger partial charge in [0, 0.05) is 22.0 Å². The summed E-state index contributed by atoms with van der Waals surface area (Å²) in [4.78, 5) is 16.4. The van der Waals surface area contributed by atoms with Crippen LogP contribution in [0.25, 0.3) is 10.6 Å². The number of benzene rings is 1. The van der Waals surface area contributed by atoms with Crippen molar-refractivity contribution in [3.05, 3.63) is 68.4 Å². The van der Waals surface area contributed by atoms with Crippen LogP contribution in [0.5, 0.6) is 0 Å². The van der Waals surface area contributed by atoms with Crippen molar-refractivity contribution in [1.82, 2.24) is 9.66 Å². The zero-order chi connectivity index (χ0) is 16.4. The maximum absolute atomic E-state index is 11.9. The topological polar surface area (TPSA) is 73.3 Å². The number of thiazole rings is 1. The molecule has 0 saturated carbocycles. The molecule has 0 radical (unpaired) electrons. The van der Waals surface area contributed by atoms with Crippen LogP contribution in [0.15, 0.2) is 51.7 Å². The highest BCUT2D eigenvalue weighted by atomic mass is 35.5. The predicted octanol–water partition coefficient (Wildman–Crippen LogP) is 3.40.